The number of para-hydroxylation sites is 1. The lowest BCUT2D eigenvalue weighted by atomic mass is 10.0. The zero-order valence-corrected chi connectivity index (χ0v) is 13.7. The highest BCUT2D eigenvalue weighted by Gasteiger charge is 2.28. The third-order valence-corrected chi connectivity index (χ3v) is 4.84. The van der Waals surface area contributed by atoms with Gasteiger partial charge >= 0.3 is 5.63 Å². The Morgan fingerprint density at radius 2 is 1.83 bits per heavy atom. The summed E-state index contributed by atoms with van der Waals surface area (Å²) in [6.07, 6.45) is -1.16. The lowest BCUT2D eigenvalue weighted by Crippen LogP contribution is -2.16. The van der Waals surface area contributed by atoms with Crippen LogP contribution < -0.4 is 10.4 Å². The molecule has 0 radical (unpaired) electrons. The summed E-state index contributed by atoms with van der Waals surface area (Å²) in [6.45, 7) is 2.01. The van der Waals surface area contributed by atoms with Crippen molar-refractivity contribution in [3.63, 3.8) is 0 Å². The Morgan fingerprint density at radius 1 is 1.08 bits per heavy atom. The van der Waals surface area contributed by atoms with Crippen LogP contribution in [0.4, 0.5) is 0 Å². The Balaban J connectivity index is 1.79. The van der Waals surface area contributed by atoms with Gasteiger partial charge in [-0.15, -0.1) is 0 Å². The van der Waals surface area contributed by atoms with Crippen molar-refractivity contribution in [1.29, 1.82) is 0 Å². The van der Waals surface area contributed by atoms with Crippen LogP contribution in [0.15, 0.2) is 73.6 Å². The molecule has 1 N–H and O–H groups in total. The predicted octanol–water partition coefficient (Wildman–Crippen LogP) is 4.15. The van der Waals surface area contributed by atoms with Gasteiger partial charge in [-0.05, 0) is 37.3 Å². The minimum atomic E-state index is -1.16. The van der Waals surface area contributed by atoms with Crippen molar-refractivity contribution in [3.8, 4) is 17.1 Å². The zero-order valence-electron chi connectivity index (χ0n) is 12.9. The van der Waals surface area contributed by atoms with Gasteiger partial charge in [-0.1, -0.05) is 41.6 Å². The second-order valence-electron chi connectivity index (χ2n) is 5.56. The average Bonchev–Trinajstić information content (AvgIpc) is 2.58. The molecule has 1 atom stereocenters. The van der Waals surface area contributed by atoms with Gasteiger partial charge in [-0.2, -0.15) is 0 Å². The Kier molecular flexibility index (Phi) is 3.67. The fourth-order valence-electron chi connectivity index (χ4n) is 2.61. The van der Waals surface area contributed by atoms with Crippen LogP contribution in [0, 0.1) is 6.92 Å². The smallest absolute Gasteiger partial charge is 0.350 e. The number of fused-ring (bicyclic) bond motifs is 3. The maximum absolute atomic E-state index is 12.4. The van der Waals surface area contributed by atoms with Crippen LogP contribution in [0.3, 0.4) is 0 Å². The molecule has 4 nitrogen and oxygen atoms in total. The molecule has 0 fully saturated rings. The summed E-state index contributed by atoms with van der Waals surface area (Å²) >= 11 is 1.31. The molecule has 24 heavy (non-hydrogen) atoms. The average molecular weight is 338 g/mol. The molecule has 3 aromatic rings. The lowest BCUT2D eigenvalue weighted by molar-refractivity contribution is -0.0234. The first-order chi connectivity index (χ1) is 11.6. The van der Waals surface area contributed by atoms with Gasteiger partial charge in [0.2, 0.25) is 6.29 Å². The second-order valence-corrected chi connectivity index (χ2v) is 6.68. The molecule has 1 aliphatic rings. The number of hydrogen-bond donors (Lipinski definition) is 1. The molecular formula is C19H14O4S. The highest BCUT2D eigenvalue weighted by molar-refractivity contribution is 7.99. The van der Waals surface area contributed by atoms with Crippen LogP contribution in [0.25, 0.3) is 11.3 Å². The number of hydrogen-bond acceptors (Lipinski definition) is 5. The molecule has 0 saturated carbocycles. The zero-order chi connectivity index (χ0) is 16.7. The number of aliphatic hydroxyl groups excluding tert-OH is 1. The van der Waals surface area contributed by atoms with E-state index >= 15 is 0 Å². The molecule has 1 unspecified atom stereocenters. The van der Waals surface area contributed by atoms with Gasteiger partial charge in [-0.3, -0.25) is 0 Å². The Labute approximate surface area is 142 Å². The van der Waals surface area contributed by atoms with E-state index in [9.17, 15) is 9.90 Å². The molecule has 4 rings (SSSR count). The van der Waals surface area contributed by atoms with Crippen molar-refractivity contribution in [2.45, 2.75) is 23.0 Å². The standard InChI is InChI=1S/C19H14O4S/c1-11-6-8-12(9-7-11)24-16-10-14-17(23-19(16)21)13-4-2-3-5-15(13)22-18(14)20/h2-10,18,20H,1H3. The number of rotatable bonds is 2. The Hall–Kier alpha value is -2.50. The molecule has 0 bridgehead atoms. The Morgan fingerprint density at radius 3 is 2.62 bits per heavy atom. The third kappa shape index (κ3) is 2.62. The third-order valence-electron chi connectivity index (χ3n) is 3.83. The van der Waals surface area contributed by atoms with E-state index in [1.807, 2.05) is 37.3 Å². The predicted molar refractivity (Wildman–Crippen MR) is 91.3 cm³/mol. The van der Waals surface area contributed by atoms with Crippen molar-refractivity contribution in [2.24, 2.45) is 0 Å². The molecule has 5 heteroatoms. The molecule has 0 aliphatic carbocycles. The van der Waals surface area contributed by atoms with Crippen LogP contribution in [0.5, 0.6) is 5.75 Å². The second kappa shape index (κ2) is 5.85. The molecular weight excluding hydrogens is 324 g/mol. The summed E-state index contributed by atoms with van der Waals surface area (Å²) in [5.74, 6) is 0.863. The van der Waals surface area contributed by atoms with Crippen LogP contribution in [-0.4, -0.2) is 5.11 Å². The largest absolute Gasteiger partial charge is 0.460 e. The summed E-state index contributed by atoms with van der Waals surface area (Å²) in [4.78, 5) is 13.7. The molecule has 0 saturated heterocycles. The summed E-state index contributed by atoms with van der Waals surface area (Å²) in [5, 5.41) is 10.2. The SMILES string of the molecule is Cc1ccc(Sc2cc3c(oc2=O)-c2ccccc2OC3O)cc1. The summed E-state index contributed by atoms with van der Waals surface area (Å²) < 4.78 is 11.0. The number of ether oxygens (including phenoxy) is 1. The highest BCUT2D eigenvalue weighted by Crippen LogP contribution is 2.42. The van der Waals surface area contributed by atoms with E-state index in [-0.39, 0.29) is 0 Å². The monoisotopic (exact) mass is 338 g/mol. The van der Waals surface area contributed by atoms with E-state index in [1.54, 1.807) is 24.3 Å². The maximum atomic E-state index is 12.4. The number of aliphatic hydroxyl groups is 1. The fraction of sp³-hybridized carbons (Fsp3) is 0.105. The van der Waals surface area contributed by atoms with Crippen molar-refractivity contribution in [1.82, 2.24) is 0 Å². The first kappa shape index (κ1) is 15.1. The minimum Gasteiger partial charge on any atom is -0.460 e. The van der Waals surface area contributed by atoms with Crippen molar-refractivity contribution >= 4 is 11.8 Å². The van der Waals surface area contributed by atoms with E-state index in [2.05, 4.69) is 0 Å². The summed E-state index contributed by atoms with van der Waals surface area (Å²) in [5.41, 5.74) is 1.85. The molecule has 2 heterocycles. The van der Waals surface area contributed by atoms with Gasteiger partial charge < -0.3 is 14.3 Å². The van der Waals surface area contributed by atoms with E-state index < -0.39 is 11.9 Å². The first-order valence-corrected chi connectivity index (χ1v) is 8.30. The first-order valence-electron chi connectivity index (χ1n) is 7.48. The van der Waals surface area contributed by atoms with Gasteiger partial charge in [0.15, 0.2) is 5.76 Å². The molecule has 0 spiro atoms. The van der Waals surface area contributed by atoms with Gasteiger partial charge in [0.25, 0.3) is 0 Å². The molecule has 1 aromatic heterocycles. The van der Waals surface area contributed by atoms with Gasteiger partial charge in [0, 0.05) is 4.90 Å². The normalized spacial score (nSPS) is 15.3. The van der Waals surface area contributed by atoms with Crippen molar-refractivity contribution in [2.75, 3.05) is 0 Å². The lowest BCUT2D eigenvalue weighted by Gasteiger charge is -2.23. The summed E-state index contributed by atoms with van der Waals surface area (Å²) in [7, 11) is 0. The van der Waals surface area contributed by atoms with E-state index in [0.717, 1.165) is 10.5 Å². The van der Waals surface area contributed by atoms with E-state index in [0.29, 0.717) is 27.5 Å². The topological polar surface area (TPSA) is 59.7 Å². The fourth-order valence-corrected chi connectivity index (χ4v) is 3.44. The molecule has 0 amide bonds. The Bertz CT molecular complexity index is 960. The van der Waals surface area contributed by atoms with Gasteiger partial charge in [0.1, 0.15) is 5.75 Å². The quantitative estimate of drug-likeness (QED) is 0.760. The van der Waals surface area contributed by atoms with E-state index in [4.69, 9.17) is 9.15 Å². The van der Waals surface area contributed by atoms with Crippen LogP contribution >= 0.6 is 11.8 Å². The van der Waals surface area contributed by atoms with Crippen molar-refractivity contribution < 1.29 is 14.3 Å². The molecule has 120 valence electrons. The molecule has 1 aliphatic heterocycles. The number of aryl methyl sites for hydroxylation is 1. The maximum Gasteiger partial charge on any atom is 0.350 e. The van der Waals surface area contributed by atoms with Crippen molar-refractivity contribution in [3.05, 3.63) is 76.1 Å². The van der Waals surface area contributed by atoms with Crippen LogP contribution in [0.2, 0.25) is 0 Å². The minimum absolute atomic E-state index is 0.364. The van der Waals surface area contributed by atoms with Crippen LogP contribution in [0.1, 0.15) is 17.4 Å². The van der Waals surface area contributed by atoms with Gasteiger partial charge in [0.05, 0.1) is 16.0 Å². The summed E-state index contributed by atoms with van der Waals surface area (Å²) in [6, 6.07) is 16.7. The number of benzene rings is 2. The highest BCUT2D eigenvalue weighted by atomic mass is 32.2. The van der Waals surface area contributed by atoms with Crippen LogP contribution in [-0.2, 0) is 0 Å². The molecule has 2 aromatic carbocycles. The van der Waals surface area contributed by atoms with Gasteiger partial charge in [-0.25, -0.2) is 4.79 Å². The van der Waals surface area contributed by atoms with E-state index in [1.165, 1.54) is 11.8 Å².